The Kier molecular flexibility index (Phi) is 3.39. The van der Waals surface area contributed by atoms with Gasteiger partial charge in [0, 0.05) is 24.7 Å². The van der Waals surface area contributed by atoms with Crippen molar-refractivity contribution in [3.63, 3.8) is 0 Å². The zero-order valence-electron chi connectivity index (χ0n) is 11.2. The first-order valence-electron chi connectivity index (χ1n) is 6.77. The number of aromatic hydroxyl groups is 1. The van der Waals surface area contributed by atoms with Crippen molar-refractivity contribution in [3.05, 3.63) is 22.2 Å². The topological polar surface area (TPSA) is 62.5 Å². The average molecular weight is 338 g/mol. The van der Waals surface area contributed by atoms with Crippen LogP contribution in [0, 0.1) is 23.2 Å². The second kappa shape index (κ2) is 4.94. The van der Waals surface area contributed by atoms with E-state index in [1.807, 2.05) is 6.07 Å². The first-order valence-corrected chi connectivity index (χ1v) is 7.57. The van der Waals surface area contributed by atoms with Crippen LogP contribution in [0.1, 0.15) is 25.3 Å². The lowest BCUT2D eigenvalue weighted by Crippen LogP contribution is -2.44. The summed E-state index contributed by atoms with van der Waals surface area (Å²) < 4.78 is 12.7. The van der Waals surface area contributed by atoms with Gasteiger partial charge in [0.1, 0.15) is 16.0 Å². The van der Waals surface area contributed by atoms with E-state index < -0.39 is 5.79 Å². The first kappa shape index (κ1) is 13.7. The highest BCUT2D eigenvalue weighted by Crippen LogP contribution is 2.49. The van der Waals surface area contributed by atoms with E-state index >= 15 is 0 Å². The van der Waals surface area contributed by atoms with Gasteiger partial charge in [-0.25, -0.2) is 0 Å². The minimum Gasteiger partial charge on any atom is -0.507 e. The zero-order chi connectivity index (χ0) is 14.3. The van der Waals surface area contributed by atoms with Crippen molar-refractivity contribution in [3.8, 4) is 17.6 Å². The largest absolute Gasteiger partial charge is 0.507 e. The summed E-state index contributed by atoms with van der Waals surface area (Å²) >= 11 is 3.38. The molecule has 0 aromatic heterocycles. The average Bonchev–Trinajstić information content (AvgIpc) is 2.74. The van der Waals surface area contributed by atoms with Crippen molar-refractivity contribution in [2.75, 3.05) is 6.61 Å². The number of hydrogen-bond donors (Lipinski definition) is 1. The number of nitriles is 1. The van der Waals surface area contributed by atoms with E-state index in [9.17, 15) is 5.11 Å². The quantitative estimate of drug-likeness (QED) is 0.853. The maximum absolute atomic E-state index is 9.80. The number of halogens is 1. The van der Waals surface area contributed by atoms with Crippen LogP contribution < -0.4 is 4.74 Å². The van der Waals surface area contributed by atoms with Crippen LogP contribution >= 0.6 is 15.9 Å². The van der Waals surface area contributed by atoms with Gasteiger partial charge in [-0.2, -0.15) is 5.26 Å². The highest BCUT2D eigenvalue weighted by Gasteiger charge is 2.51. The van der Waals surface area contributed by atoms with Crippen molar-refractivity contribution >= 4 is 15.9 Å². The fraction of sp³-hybridized carbons (Fsp3) is 0.533. The maximum atomic E-state index is 9.80. The SMILES string of the molecule is C[C@@H]1[C@@H](CC#N)CO[C@]12CCc1ccc(O)c(Br)c1O2. The molecule has 1 N–H and O–H groups in total. The van der Waals surface area contributed by atoms with E-state index in [4.69, 9.17) is 14.7 Å². The van der Waals surface area contributed by atoms with Crippen LogP contribution in [0.5, 0.6) is 11.5 Å². The summed E-state index contributed by atoms with van der Waals surface area (Å²) in [7, 11) is 0. The van der Waals surface area contributed by atoms with E-state index in [0.717, 1.165) is 18.4 Å². The van der Waals surface area contributed by atoms with E-state index in [-0.39, 0.29) is 17.6 Å². The van der Waals surface area contributed by atoms with Gasteiger partial charge in [-0.1, -0.05) is 13.0 Å². The highest BCUT2D eigenvalue weighted by atomic mass is 79.9. The van der Waals surface area contributed by atoms with Gasteiger partial charge >= 0.3 is 0 Å². The van der Waals surface area contributed by atoms with E-state index in [1.165, 1.54) is 0 Å². The second-order valence-corrected chi connectivity index (χ2v) is 6.32. The normalized spacial score (nSPS) is 31.6. The Morgan fingerprint density at radius 3 is 3.10 bits per heavy atom. The number of nitrogens with zero attached hydrogens (tertiary/aromatic N) is 1. The molecule has 0 bridgehead atoms. The number of fused-ring (bicyclic) bond motifs is 1. The van der Waals surface area contributed by atoms with Gasteiger partial charge in [0.05, 0.1) is 12.7 Å². The molecule has 0 radical (unpaired) electrons. The number of phenolic OH excluding ortho intramolecular Hbond substituents is 1. The van der Waals surface area contributed by atoms with Crippen LogP contribution in [-0.4, -0.2) is 17.5 Å². The van der Waals surface area contributed by atoms with Crippen LogP contribution in [-0.2, 0) is 11.2 Å². The van der Waals surface area contributed by atoms with Crippen LogP contribution in [0.3, 0.4) is 0 Å². The second-order valence-electron chi connectivity index (χ2n) is 5.52. The van der Waals surface area contributed by atoms with Crippen LogP contribution in [0.2, 0.25) is 0 Å². The Labute approximate surface area is 126 Å². The molecule has 2 heterocycles. The summed E-state index contributed by atoms with van der Waals surface area (Å²) in [5.41, 5.74) is 1.07. The van der Waals surface area contributed by atoms with Gasteiger partial charge in [-0.3, -0.25) is 0 Å². The van der Waals surface area contributed by atoms with Gasteiger partial charge in [0.2, 0.25) is 5.79 Å². The van der Waals surface area contributed by atoms with E-state index in [2.05, 4.69) is 28.9 Å². The fourth-order valence-electron chi connectivity index (χ4n) is 3.08. The molecule has 106 valence electrons. The summed E-state index contributed by atoms with van der Waals surface area (Å²) in [5.74, 6) is 0.535. The molecule has 1 fully saturated rings. The Balaban J connectivity index is 1.92. The van der Waals surface area contributed by atoms with E-state index in [1.54, 1.807) is 6.07 Å². The lowest BCUT2D eigenvalue weighted by Gasteiger charge is -2.38. The van der Waals surface area contributed by atoms with Crippen molar-refractivity contribution in [2.45, 2.75) is 32.0 Å². The Bertz CT molecular complexity index is 583. The Hall–Kier alpha value is -1.25. The van der Waals surface area contributed by atoms with Crippen molar-refractivity contribution in [1.29, 1.82) is 5.26 Å². The number of benzene rings is 1. The standard InChI is InChI=1S/C15H16BrNO3/c1-9-11(5-7-17)8-19-15(9)6-4-10-2-3-12(18)13(16)14(10)20-15/h2-3,9,11,18H,4-6,8H2,1H3/t9-,11+,15+/m1/s1. The molecular weight excluding hydrogens is 322 g/mol. The molecule has 4 nitrogen and oxygen atoms in total. The molecule has 3 rings (SSSR count). The lowest BCUT2D eigenvalue weighted by molar-refractivity contribution is -0.181. The molecule has 1 aromatic rings. The molecule has 1 spiro atoms. The zero-order valence-corrected chi connectivity index (χ0v) is 12.8. The van der Waals surface area contributed by atoms with Crippen LogP contribution in [0.4, 0.5) is 0 Å². The molecule has 2 aliphatic rings. The van der Waals surface area contributed by atoms with Gasteiger partial charge in [-0.15, -0.1) is 0 Å². The summed E-state index contributed by atoms with van der Waals surface area (Å²) in [4.78, 5) is 0. The van der Waals surface area contributed by atoms with Crippen LogP contribution in [0.25, 0.3) is 0 Å². The summed E-state index contributed by atoms with van der Waals surface area (Å²) in [6.07, 6.45) is 2.11. The third-order valence-electron chi connectivity index (χ3n) is 4.47. The number of ether oxygens (including phenoxy) is 2. The van der Waals surface area contributed by atoms with Gasteiger partial charge in [0.15, 0.2) is 0 Å². The predicted octanol–water partition coefficient (Wildman–Crippen LogP) is 3.37. The van der Waals surface area contributed by atoms with Crippen molar-refractivity contribution in [2.24, 2.45) is 11.8 Å². The highest BCUT2D eigenvalue weighted by molar-refractivity contribution is 9.10. The van der Waals surface area contributed by atoms with Crippen LogP contribution in [0.15, 0.2) is 16.6 Å². The molecular formula is C15H16BrNO3. The molecule has 3 atom stereocenters. The maximum Gasteiger partial charge on any atom is 0.213 e. The molecule has 1 saturated heterocycles. The monoisotopic (exact) mass is 337 g/mol. The number of hydrogen-bond acceptors (Lipinski definition) is 4. The molecule has 20 heavy (non-hydrogen) atoms. The lowest BCUT2D eigenvalue weighted by atomic mass is 9.84. The van der Waals surface area contributed by atoms with Gasteiger partial charge in [0.25, 0.3) is 0 Å². The molecule has 0 aliphatic carbocycles. The molecule has 0 unspecified atom stereocenters. The number of aryl methyl sites for hydroxylation is 1. The fourth-order valence-corrected chi connectivity index (χ4v) is 3.55. The third kappa shape index (κ3) is 1.99. The first-order chi connectivity index (χ1) is 9.57. The predicted molar refractivity (Wildman–Crippen MR) is 76.3 cm³/mol. The van der Waals surface area contributed by atoms with E-state index in [0.29, 0.717) is 23.2 Å². The molecule has 1 aromatic carbocycles. The number of rotatable bonds is 1. The number of phenols is 1. The molecule has 0 amide bonds. The minimum atomic E-state index is -0.662. The van der Waals surface area contributed by atoms with Crippen molar-refractivity contribution in [1.82, 2.24) is 0 Å². The van der Waals surface area contributed by atoms with Gasteiger partial charge < -0.3 is 14.6 Å². The Morgan fingerprint density at radius 2 is 2.35 bits per heavy atom. The summed E-state index contributed by atoms with van der Waals surface area (Å²) in [5, 5.41) is 18.7. The molecule has 2 aliphatic heterocycles. The Morgan fingerprint density at radius 1 is 1.55 bits per heavy atom. The molecule has 0 saturated carbocycles. The summed E-state index contributed by atoms with van der Waals surface area (Å²) in [6.45, 7) is 2.64. The smallest absolute Gasteiger partial charge is 0.213 e. The minimum absolute atomic E-state index is 0.157. The third-order valence-corrected chi connectivity index (χ3v) is 5.24. The summed E-state index contributed by atoms with van der Waals surface area (Å²) in [6, 6.07) is 5.77. The van der Waals surface area contributed by atoms with Crippen molar-refractivity contribution < 1.29 is 14.6 Å². The molecule has 5 heteroatoms. The van der Waals surface area contributed by atoms with Gasteiger partial charge in [-0.05, 0) is 34.0 Å².